The van der Waals surface area contributed by atoms with E-state index < -0.39 is 5.91 Å². The minimum atomic E-state index is -0.459. The Morgan fingerprint density at radius 3 is 2.33 bits per heavy atom. The second-order valence-electron chi connectivity index (χ2n) is 9.37. The fourth-order valence-electron chi connectivity index (χ4n) is 4.38. The number of halogens is 1. The molecule has 5 rings (SSSR count). The molecule has 0 saturated carbocycles. The first-order chi connectivity index (χ1) is 19.2. The van der Waals surface area contributed by atoms with Crippen molar-refractivity contribution in [3.8, 4) is 17.0 Å². The van der Waals surface area contributed by atoms with Gasteiger partial charge in [0.2, 0.25) is 0 Å². The number of fused-ring (bicyclic) bond motifs is 1. The highest BCUT2D eigenvalue weighted by Gasteiger charge is 2.16. The number of aryl methyl sites for hydroxylation is 2. The molecule has 0 atom stereocenters. The molecule has 0 unspecified atom stereocenters. The number of hydrogen-bond donors (Lipinski definition) is 2. The molecule has 5 aromatic rings. The maximum absolute atomic E-state index is 12.8. The third-order valence-electron chi connectivity index (χ3n) is 6.70. The van der Waals surface area contributed by atoms with Gasteiger partial charge in [-0.1, -0.05) is 23.7 Å². The van der Waals surface area contributed by atoms with E-state index in [0.29, 0.717) is 16.3 Å². The van der Waals surface area contributed by atoms with Gasteiger partial charge in [0.15, 0.2) is 10.9 Å². The number of anilines is 2. The summed E-state index contributed by atoms with van der Waals surface area (Å²) >= 11 is 11.6. The number of amides is 1. The zero-order chi connectivity index (χ0) is 28.4. The van der Waals surface area contributed by atoms with Crippen molar-refractivity contribution in [3.63, 3.8) is 0 Å². The predicted molar refractivity (Wildman–Crippen MR) is 165 cm³/mol. The molecule has 0 spiro atoms. The number of aromatic nitrogens is 3. The van der Waals surface area contributed by atoms with Gasteiger partial charge < -0.3 is 14.6 Å². The Bertz CT molecular complexity index is 1710. The largest absolute Gasteiger partial charge is 0.451 e. The summed E-state index contributed by atoms with van der Waals surface area (Å²) in [5.41, 5.74) is 6.86. The molecule has 2 aromatic heterocycles. The summed E-state index contributed by atoms with van der Waals surface area (Å²) < 4.78 is 5.75. The van der Waals surface area contributed by atoms with Crippen molar-refractivity contribution in [2.45, 2.75) is 27.7 Å². The van der Waals surface area contributed by atoms with E-state index in [-0.39, 0.29) is 10.9 Å². The summed E-state index contributed by atoms with van der Waals surface area (Å²) in [4.78, 5) is 16.7. The summed E-state index contributed by atoms with van der Waals surface area (Å²) in [5.74, 6) is 0.218. The number of benzene rings is 3. The third-order valence-corrected chi connectivity index (χ3v) is 7.31. The van der Waals surface area contributed by atoms with Gasteiger partial charge in [-0.15, -0.1) is 10.2 Å². The second-order valence-corrected chi connectivity index (χ2v) is 10.2. The third kappa shape index (κ3) is 5.71. The highest BCUT2D eigenvalue weighted by molar-refractivity contribution is 7.80. The van der Waals surface area contributed by atoms with E-state index in [4.69, 9.17) is 28.2 Å². The van der Waals surface area contributed by atoms with Crippen LogP contribution in [0.1, 0.15) is 35.5 Å². The molecular formula is C30H29ClN6O2S. The molecule has 3 aromatic carbocycles. The van der Waals surface area contributed by atoms with Gasteiger partial charge in [0.25, 0.3) is 5.91 Å². The number of nitrogens with one attached hydrogen (secondary N) is 2. The Morgan fingerprint density at radius 1 is 0.950 bits per heavy atom. The Hall–Kier alpha value is -4.21. The highest BCUT2D eigenvalue weighted by Crippen LogP contribution is 2.27. The van der Waals surface area contributed by atoms with E-state index in [0.717, 1.165) is 52.4 Å². The molecule has 0 fully saturated rings. The fraction of sp³-hybridized carbons (Fsp3) is 0.200. The smallest absolute Gasteiger partial charge is 0.293 e. The average molecular weight is 573 g/mol. The summed E-state index contributed by atoms with van der Waals surface area (Å²) in [5, 5.41) is 15.8. The minimum Gasteiger partial charge on any atom is -0.451 e. The average Bonchev–Trinajstić information content (AvgIpc) is 3.59. The lowest BCUT2D eigenvalue weighted by molar-refractivity contribution is 0.0951. The zero-order valence-electron chi connectivity index (χ0n) is 22.7. The van der Waals surface area contributed by atoms with Crippen molar-refractivity contribution in [1.29, 1.82) is 0 Å². The zero-order valence-corrected chi connectivity index (χ0v) is 24.2. The van der Waals surface area contributed by atoms with E-state index in [1.165, 1.54) is 0 Å². The predicted octanol–water partition coefficient (Wildman–Crippen LogP) is 6.92. The van der Waals surface area contributed by atoms with Crippen LogP contribution >= 0.6 is 23.8 Å². The molecule has 0 aliphatic rings. The fourth-order valence-corrected chi connectivity index (χ4v) is 4.77. The van der Waals surface area contributed by atoms with Crippen LogP contribution in [0, 0.1) is 13.8 Å². The normalized spacial score (nSPS) is 11.0. The van der Waals surface area contributed by atoms with Gasteiger partial charge >= 0.3 is 0 Å². The maximum Gasteiger partial charge on any atom is 0.293 e. The number of rotatable bonds is 7. The van der Waals surface area contributed by atoms with E-state index in [9.17, 15) is 4.79 Å². The summed E-state index contributed by atoms with van der Waals surface area (Å²) in [6.45, 7) is 10.0. The molecule has 8 nitrogen and oxygen atoms in total. The molecule has 0 bridgehead atoms. The molecule has 0 aliphatic carbocycles. The monoisotopic (exact) mass is 572 g/mol. The SMILES string of the molecule is CCN(CC)c1ccc(-n2nc3cc(C)c(NC(=S)NC(=O)c4ccc(-c5ccc(C)c(Cl)c5)o4)cc3n2)cc1. The molecule has 204 valence electrons. The molecule has 10 heteroatoms. The number of hydrogen-bond acceptors (Lipinski definition) is 6. The standard InChI is InChI=1S/C30H29ClN6O2S/c1-5-36(6-2)21-9-11-22(12-10-21)37-34-25-15-19(4)24(17-26(25)35-37)32-30(40)33-29(38)28-14-13-27(39-28)20-8-7-18(3)23(31)16-20/h7-17H,5-6H2,1-4H3,(H2,32,33,38,40). The first-order valence-corrected chi connectivity index (χ1v) is 13.8. The summed E-state index contributed by atoms with van der Waals surface area (Å²) in [7, 11) is 0. The van der Waals surface area contributed by atoms with Crippen LogP contribution in [0.3, 0.4) is 0 Å². The second kappa shape index (κ2) is 11.5. The highest BCUT2D eigenvalue weighted by atomic mass is 35.5. The maximum atomic E-state index is 12.8. The van der Waals surface area contributed by atoms with Gasteiger partial charge in [0.1, 0.15) is 16.8 Å². The van der Waals surface area contributed by atoms with Crippen molar-refractivity contribution in [3.05, 3.63) is 88.6 Å². The van der Waals surface area contributed by atoms with E-state index in [2.05, 4.69) is 51.7 Å². The molecule has 1 amide bonds. The van der Waals surface area contributed by atoms with Crippen LogP contribution in [0.25, 0.3) is 28.0 Å². The molecule has 2 N–H and O–H groups in total. The number of thiocarbonyl (C=S) groups is 1. The Morgan fingerprint density at radius 2 is 1.65 bits per heavy atom. The Balaban J connectivity index is 1.28. The number of furan rings is 1. The first kappa shape index (κ1) is 27.4. The number of nitrogens with zero attached hydrogens (tertiary/aromatic N) is 4. The molecule has 0 saturated heterocycles. The van der Waals surface area contributed by atoms with Crippen molar-refractivity contribution >= 4 is 57.2 Å². The molecule has 0 radical (unpaired) electrons. The van der Waals surface area contributed by atoms with Crippen molar-refractivity contribution in [1.82, 2.24) is 20.3 Å². The van der Waals surface area contributed by atoms with Crippen LogP contribution in [-0.4, -0.2) is 39.1 Å². The van der Waals surface area contributed by atoms with Crippen LogP contribution < -0.4 is 15.5 Å². The van der Waals surface area contributed by atoms with E-state index in [1.54, 1.807) is 23.0 Å². The lowest BCUT2D eigenvalue weighted by Gasteiger charge is -2.20. The van der Waals surface area contributed by atoms with Crippen LogP contribution in [0.5, 0.6) is 0 Å². The minimum absolute atomic E-state index is 0.137. The lowest BCUT2D eigenvalue weighted by Crippen LogP contribution is -2.34. The van der Waals surface area contributed by atoms with Crippen molar-refractivity contribution in [2.24, 2.45) is 0 Å². The van der Waals surface area contributed by atoms with Gasteiger partial charge in [-0.3, -0.25) is 10.1 Å². The van der Waals surface area contributed by atoms with Gasteiger partial charge in [-0.05, 0) is 106 Å². The van der Waals surface area contributed by atoms with Gasteiger partial charge in [-0.25, -0.2) is 0 Å². The van der Waals surface area contributed by atoms with Gasteiger partial charge in [0, 0.05) is 35.1 Å². The van der Waals surface area contributed by atoms with Crippen LogP contribution in [-0.2, 0) is 0 Å². The first-order valence-electron chi connectivity index (χ1n) is 13.0. The van der Waals surface area contributed by atoms with Crippen molar-refractivity contribution in [2.75, 3.05) is 23.3 Å². The molecule has 40 heavy (non-hydrogen) atoms. The quantitative estimate of drug-likeness (QED) is 0.205. The molecular weight excluding hydrogens is 544 g/mol. The van der Waals surface area contributed by atoms with Gasteiger partial charge in [0.05, 0.1) is 5.69 Å². The van der Waals surface area contributed by atoms with Gasteiger partial charge in [-0.2, -0.15) is 4.80 Å². The van der Waals surface area contributed by atoms with E-state index >= 15 is 0 Å². The number of carbonyl (C=O) groups is 1. The van der Waals surface area contributed by atoms with Crippen LogP contribution in [0.2, 0.25) is 5.02 Å². The Labute approximate surface area is 242 Å². The Kier molecular flexibility index (Phi) is 7.86. The molecule has 2 heterocycles. The van der Waals surface area contributed by atoms with Crippen molar-refractivity contribution < 1.29 is 9.21 Å². The van der Waals surface area contributed by atoms with E-state index in [1.807, 2.05) is 50.2 Å². The summed E-state index contributed by atoms with van der Waals surface area (Å²) in [6.07, 6.45) is 0. The lowest BCUT2D eigenvalue weighted by atomic mass is 10.1. The van der Waals surface area contributed by atoms with Crippen LogP contribution in [0.4, 0.5) is 11.4 Å². The number of carbonyl (C=O) groups excluding carboxylic acids is 1. The topological polar surface area (TPSA) is 88.2 Å². The van der Waals surface area contributed by atoms with Crippen LogP contribution in [0.15, 0.2) is 71.1 Å². The summed E-state index contributed by atoms with van der Waals surface area (Å²) in [6, 6.07) is 20.9. The molecule has 0 aliphatic heterocycles.